The average molecular weight is 330 g/mol. The first-order chi connectivity index (χ1) is 10.8. The molecule has 0 spiro atoms. The lowest BCUT2D eigenvalue weighted by Gasteiger charge is -2.06. The predicted molar refractivity (Wildman–Crippen MR) is 92.5 cm³/mol. The molecule has 0 radical (unpaired) electrons. The van der Waals surface area contributed by atoms with Crippen LogP contribution in [0.25, 0.3) is 0 Å². The summed E-state index contributed by atoms with van der Waals surface area (Å²) in [5.74, 6) is 0. The highest BCUT2D eigenvalue weighted by molar-refractivity contribution is 7.15. The molecule has 0 aliphatic heterocycles. The average Bonchev–Trinajstić information content (AvgIpc) is 2.98. The quantitative estimate of drug-likeness (QED) is 0.718. The van der Waals surface area contributed by atoms with Gasteiger partial charge in [-0.2, -0.15) is 0 Å². The molecule has 0 bridgehead atoms. The van der Waals surface area contributed by atoms with Crippen LogP contribution in [-0.2, 0) is 19.4 Å². The molecule has 3 rings (SSSR count). The third kappa shape index (κ3) is 4.29. The maximum Gasteiger partial charge on any atom is 0.183 e. The number of halogens is 1. The number of thiazole rings is 1. The molecule has 5 heteroatoms. The van der Waals surface area contributed by atoms with Crippen molar-refractivity contribution in [1.29, 1.82) is 0 Å². The van der Waals surface area contributed by atoms with Crippen LogP contribution in [0.4, 0.5) is 5.69 Å². The van der Waals surface area contributed by atoms with E-state index in [1.54, 1.807) is 0 Å². The van der Waals surface area contributed by atoms with E-state index in [-0.39, 0.29) is 0 Å². The minimum absolute atomic E-state index is 0.586. The lowest BCUT2D eigenvalue weighted by molar-refractivity contribution is 0.955. The van der Waals surface area contributed by atoms with Crippen LogP contribution < -0.4 is 5.32 Å². The van der Waals surface area contributed by atoms with Crippen LogP contribution >= 0.6 is 22.9 Å². The van der Waals surface area contributed by atoms with Crippen molar-refractivity contribution in [3.05, 3.63) is 75.5 Å². The van der Waals surface area contributed by atoms with Gasteiger partial charge in [0.1, 0.15) is 0 Å². The predicted octanol–water partition coefficient (Wildman–Crippen LogP) is 4.59. The van der Waals surface area contributed by atoms with E-state index in [0.717, 1.165) is 30.0 Å². The van der Waals surface area contributed by atoms with Crippen molar-refractivity contribution in [2.24, 2.45) is 0 Å². The van der Waals surface area contributed by atoms with Gasteiger partial charge in [-0.3, -0.25) is 4.98 Å². The first kappa shape index (κ1) is 15.0. The Balaban J connectivity index is 1.51. The maximum atomic E-state index is 5.82. The van der Waals surface area contributed by atoms with Crippen LogP contribution in [-0.4, -0.2) is 9.97 Å². The lowest BCUT2D eigenvalue weighted by atomic mass is 10.1. The zero-order valence-corrected chi connectivity index (χ0v) is 13.6. The van der Waals surface area contributed by atoms with Gasteiger partial charge in [0.05, 0.1) is 6.54 Å². The van der Waals surface area contributed by atoms with Gasteiger partial charge in [-0.05, 0) is 48.2 Å². The Morgan fingerprint density at radius 2 is 1.64 bits per heavy atom. The van der Waals surface area contributed by atoms with Crippen molar-refractivity contribution in [3.8, 4) is 0 Å². The Morgan fingerprint density at radius 1 is 0.955 bits per heavy atom. The van der Waals surface area contributed by atoms with Gasteiger partial charge in [0.15, 0.2) is 4.47 Å². The molecule has 0 aliphatic carbocycles. The zero-order chi connectivity index (χ0) is 15.2. The molecule has 2 heterocycles. The van der Waals surface area contributed by atoms with Crippen molar-refractivity contribution >= 4 is 28.6 Å². The topological polar surface area (TPSA) is 37.8 Å². The molecule has 2 aromatic heterocycles. The molecule has 112 valence electrons. The van der Waals surface area contributed by atoms with Gasteiger partial charge < -0.3 is 5.32 Å². The number of anilines is 1. The first-order valence-electron chi connectivity index (χ1n) is 7.11. The number of nitrogens with one attached hydrogen (secondary N) is 1. The smallest absolute Gasteiger partial charge is 0.183 e. The van der Waals surface area contributed by atoms with Gasteiger partial charge in [0.2, 0.25) is 0 Å². The number of aryl methyl sites for hydroxylation is 2. The first-order valence-corrected chi connectivity index (χ1v) is 8.31. The number of benzene rings is 1. The van der Waals surface area contributed by atoms with Crippen molar-refractivity contribution < 1.29 is 0 Å². The van der Waals surface area contributed by atoms with Gasteiger partial charge in [-0.15, -0.1) is 11.3 Å². The van der Waals surface area contributed by atoms with Crippen LogP contribution in [0.1, 0.15) is 16.0 Å². The molecular formula is C17H16ClN3S. The van der Waals surface area contributed by atoms with Crippen LogP contribution in [0.2, 0.25) is 4.47 Å². The van der Waals surface area contributed by atoms with Crippen LogP contribution in [0.3, 0.4) is 0 Å². The summed E-state index contributed by atoms with van der Waals surface area (Å²) in [5.41, 5.74) is 3.76. The van der Waals surface area contributed by atoms with Crippen molar-refractivity contribution in [2.75, 3.05) is 5.32 Å². The number of hydrogen-bond donors (Lipinski definition) is 1. The van der Waals surface area contributed by atoms with E-state index in [0.29, 0.717) is 4.47 Å². The van der Waals surface area contributed by atoms with Crippen molar-refractivity contribution in [1.82, 2.24) is 9.97 Å². The second-order valence-electron chi connectivity index (χ2n) is 4.99. The van der Waals surface area contributed by atoms with E-state index in [2.05, 4.69) is 51.7 Å². The summed E-state index contributed by atoms with van der Waals surface area (Å²) in [4.78, 5) is 9.21. The molecule has 0 unspecified atom stereocenters. The van der Waals surface area contributed by atoms with E-state index in [9.17, 15) is 0 Å². The summed E-state index contributed by atoms with van der Waals surface area (Å²) < 4.78 is 0.586. The fourth-order valence-corrected chi connectivity index (χ4v) is 3.10. The van der Waals surface area contributed by atoms with Crippen molar-refractivity contribution in [2.45, 2.75) is 19.4 Å². The van der Waals surface area contributed by atoms with Gasteiger partial charge in [-0.1, -0.05) is 23.7 Å². The molecule has 22 heavy (non-hydrogen) atoms. The standard InChI is InChI=1S/C17H16ClN3S/c18-17-21-12-16(22-17)11-20-15-5-3-13(4-6-15)1-2-14-7-9-19-10-8-14/h3-10,12,20H,1-2,11H2. The molecule has 0 amide bonds. The Morgan fingerprint density at radius 3 is 2.27 bits per heavy atom. The van der Waals surface area contributed by atoms with Crippen LogP contribution in [0.15, 0.2) is 55.0 Å². The van der Waals surface area contributed by atoms with Crippen LogP contribution in [0, 0.1) is 0 Å². The number of aromatic nitrogens is 2. The maximum absolute atomic E-state index is 5.82. The Kier molecular flexibility index (Phi) is 5.03. The third-order valence-corrected chi connectivity index (χ3v) is 4.51. The minimum Gasteiger partial charge on any atom is -0.380 e. The SMILES string of the molecule is Clc1ncc(CNc2ccc(CCc3ccncc3)cc2)s1. The summed E-state index contributed by atoms with van der Waals surface area (Å²) in [5, 5.41) is 3.38. The van der Waals surface area contributed by atoms with Gasteiger partial charge >= 0.3 is 0 Å². The van der Waals surface area contributed by atoms with E-state index >= 15 is 0 Å². The summed E-state index contributed by atoms with van der Waals surface area (Å²) in [7, 11) is 0. The monoisotopic (exact) mass is 329 g/mol. The normalized spacial score (nSPS) is 10.6. The highest BCUT2D eigenvalue weighted by atomic mass is 35.5. The number of hydrogen-bond acceptors (Lipinski definition) is 4. The molecular weight excluding hydrogens is 314 g/mol. The van der Waals surface area contributed by atoms with E-state index in [4.69, 9.17) is 11.6 Å². The summed E-state index contributed by atoms with van der Waals surface area (Å²) >= 11 is 7.33. The second-order valence-corrected chi connectivity index (χ2v) is 6.68. The Labute approximate surface area is 139 Å². The minimum atomic E-state index is 0.586. The molecule has 3 nitrogen and oxygen atoms in total. The fourth-order valence-electron chi connectivity index (χ4n) is 2.18. The van der Waals surface area contributed by atoms with Gasteiger partial charge in [0.25, 0.3) is 0 Å². The molecule has 0 saturated heterocycles. The molecule has 0 atom stereocenters. The highest BCUT2D eigenvalue weighted by Crippen LogP contribution is 2.19. The molecule has 1 N–H and O–H groups in total. The fraction of sp³-hybridized carbons (Fsp3) is 0.176. The van der Waals surface area contributed by atoms with Crippen LogP contribution in [0.5, 0.6) is 0 Å². The number of rotatable bonds is 6. The Bertz CT molecular complexity index is 710. The van der Waals surface area contributed by atoms with Gasteiger partial charge in [-0.25, -0.2) is 4.98 Å². The highest BCUT2D eigenvalue weighted by Gasteiger charge is 2.00. The summed E-state index contributed by atoms with van der Waals surface area (Å²) in [6.45, 7) is 0.751. The molecule has 0 fully saturated rings. The molecule has 1 aromatic carbocycles. The summed E-state index contributed by atoms with van der Waals surface area (Å²) in [6.07, 6.45) is 7.56. The van der Waals surface area contributed by atoms with E-state index in [1.807, 2.05) is 18.6 Å². The van der Waals surface area contributed by atoms with Gasteiger partial charge in [0, 0.05) is 29.2 Å². The Hall–Kier alpha value is -1.91. The molecule has 3 aromatic rings. The second kappa shape index (κ2) is 7.38. The zero-order valence-electron chi connectivity index (χ0n) is 12.0. The van der Waals surface area contributed by atoms with Crippen molar-refractivity contribution in [3.63, 3.8) is 0 Å². The summed E-state index contributed by atoms with van der Waals surface area (Å²) in [6, 6.07) is 12.7. The van der Waals surface area contributed by atoms with E-state index < -0.39 is 0 Å². The largest absolute Gasteiger partial charge is 0.380 e. The lowest BCUT2D eigenvalue weighted by Crippen LogP contribution is -1.98. The third-order valence-electron chi connectivity index (χ3n) is 3.40. The number of pyridine rings is 1. The number of nitrogens with zero attached hydrogens (tertiary/aromatic N) is 2. The van der Waals surface area contributed by atoms with E-state index in [1.165, 1.54) is 22.5 Å². The molecule has 0 saturated carbocycles. The molecule has 0 aliphatic rings.